The van der Waals surface area contributed by atoms with Crippen LogP contribution in [0.25, 0.3) is 0 Å². The van der Waals surface area contributed by atoms with E-state index in [1.54, 1.807) is 0 Å². The second kappa shape index (κ2) is 9.22. The molecular formula is C28H34N4O2. The molecule has 0 spiro atoms. The van der Waals surface area contributed by atoms with Crippen LogP contribution in [0.5, 0.6) is 5.75 Å². The van der Waals surface area contributed by atoms with Gasteiger partial charge in [-0.25, -0.2) is 4.98 Å². The van der Waals surface area contributed by atoms with Crippen molar-refractivity contribution < 1.29 is 9.47 Å². The molecule has 6 rings (SSSR count). The lowest BCUT2D eigenvalue weighted by Crippen LogP contribution is -2.58. The summed E-state index contributed by atoms with van der Waals surface area (Å²) >= 11 is 0. The van der Waals surface area contributed by atoms with E-state index in [0.29, 0.717) is 17.9 Å². The quantitative estimate of drug-likeness (QED) is 0.669. The van der Waals surface area contributed by atoms with Crippen molar-refractivity contribution in [3.8, 4) is 18.1 Å². The molecule has 0 bridgehead atoms. The normalized spacial score (nSPS) is 24.1. The first kappa shape index (κ1) is 21.9. The smallest absolute Gasteiger partial charge is 0.144 e. The summed E-state index contributed by atoms with van der Waals surface area (Å²) in [5.41, 5.74) is 5.69. The zero-order valence-corrected chi connectivity index (χ0v) is 20.0. The minimum Gasteiger partial charge on any atom is -0.484 e. The van der Waals surface area contributed by atoms with Gasteiger partial charge in [0.15, 0.2) is 0 Å². The Morgan fingerprint density at radius 2 is 1.82 bits per heavy atom. The molecule has 2 N–H and O–H groups in total. The van der Waals surface area contributed by atoms with Gasteiger partial charge in [-0.3, -0.25) is 4.90 Å². The number of benzene rings is 1. The van der Waals surface area contributed by atoms with Crippen molar-refractivity contribution in [2.45, 2.75) is 56.6 Å². The van der Waals surface area contributed by atoms with Crippen molar-refractivity contribution in [2.75, 3.05) is 44.7 Å². The lowest BCUT2D eigenvalue weighted by molar-refractivity contribution is 0.0846. The van der Waals surface area contributed by atoms with Crippen LogP contribution in [0.15, 0.2) is 24.4 Å². The van der Waals surface area contributed by atoms with Gasteiger partial charge in [0.1, 0.15) is 17.7 Å². The van der Waals surface area contributed by atoms with E-state index in [2.05, 4.69) is 46.6 Å². The maximum absolute atomic E-state index is 6.53. The van der Waals surface area contributed by atoms with Crippen LogP contribution in [-0.4, -0.2) is 55.3 Å². The minimum absolute atomic E-state index is 0.105. The zero-order valence-electron chi connectivity index (χ0n) is 20.0. The Morgan fingerprint density at radius 1 is 1.06 bits per heavy atom. The molecule has 178 valence electrons. The second-order valence-corrected chi connectivity index (χ2v) is 10.1. The molecule has 1 unspecified atom stereocenters. The molecule has 2 aromatic rings. The van der Waals surface area contributed by atoms with Crippen molar-refractivity contribution in [2.24, 2.45) is 0 Å². The molecule has 6 nitrogen and oxygen atoms in total. The van der Waals surface area contributed by atoms with Crippen LogP contribution >= 0.6 is 0 Å². The lowest BCUT2D eigenvalue weighted by Gasteiger charge is -2.42. The Balaban J connectivity index is 1.30. The van der Waals surface area contributed by atoms with Gasteiger partial charge in [0.25, 0.3) is 0 Å². The van der Waals surface area contributed by atoms with E-state index in [0.717, 1.165) is 93.5 Å². The molecule has 0 radical (unpaired) electrons. The highest BCUT2D eigenvalue weighted by Crippen LogP contribution is 2.45. The van der Waals surface area contributed by atoms with Crippen LogP contribution in [0.3, 0.4) is 0 Å². The Kier molecular flexibility index (Phi) is 5.94. The van der Waals surface area contributed by atoms with Crippen molar-refractivity contribution in [3.05, 3.63) is 46.6 Å². The van der Waals surface area contributed by atoms with Gasteiger partial charge in [0.05, 0.1) is 5.69 Å². The summed E-state index contributed by atoms with van der Waals surface area (Å²) < 4.78 is 12.1. The Hall–Kier alpha value is -2.59. The van der Waals surface area contributed by atoms with Crippen LogP contribution in [0, 0.1) is 12.3 Å². The van der Waals surface area contributed by atoms with Crippen LogP contribution in [0.2, 0.25) is 0 Å². The Bertz CT molecular complexity index is 1090. The van der Waals surface area contributed by atoms with Crippen LogP contribution in [0.4, 0.5) is 11.5 Å². The summed E-state index contributed by atoms with van der Waals surface area (Å²) in [7, 11) is 0. The standard InChI is InChI=1S/C28H34N4O2/c1-3-19-14-26-25(15-24(19)20-5-10-32(11-6-20)22-16-29-17-22)31-28-27(18(2)34-26)23(4-9-30-28)21-7-12-33-13-8-21/h1,4,9,14-15,18,20-22,29H,5-8,10-13,16-17H2,2H3,(H,30,31). The zero-order chi connectivity index (χ0) is 23.1. The average molecular weight is 459 g/mol. The predicted octanol–water partition coefficient (Wildman–Crippen LogP) is 4.31. The number of likely N-dealkylation sites (tertiary alicyclic amines) is 1. The van der Waals surface area contributed by atoms with Gasteiger partial charge in [-0.2, -0.15) is 0 Å². The topological polar surface area (TPSA) is 58.7 Å². The van der Waals surface area contributed by atoms with Gasteiger partial charge in [0, 0.05) is 49.7 Å². The predicted molar refractivity (Wildman–Crippen MR) is 134 cm³/mol. The Morgan fingerprint density at radius 3 is 2.53 bits per heavy atom. The van der Waals surface area contributed by atoms with Gasteiger partial charge in [0.2, 0.25) is 0 Å². The SMILES string of the molecule is C#Cc1cc2c(cc1C1CCN(C3CNC3)CC1)Nc1nccc(C3CCOCC3)c1C(C)O2. The molecule has 4 aliphatic heterocycles. The van der Waals surface area contributed by atoms with Crippen molar-refractivity contribution in [1.29, 1.82) is 0 Å². The van der Waals surface area contributed by atoms with Crippen LogP contribution in [0.1, 0.15) is 72.8 Å². The van der Waals surface area contributed by atoms with Crippen molar-refractivity contribution >= 4 is 11.5 Å². The second-order valence-electron chi connectivity index (χ2n) is 10.1. The first-order valence-electron chi connectivity index (χ1n) is 12.8. The molecule has 6 heteroatoms. The fraction of sp³-hybridized carbons (Fsp3) is 0.536. The molecule has 1 aromatic carbocycles. The molecule has 34 heavy (non-hydrogen) atoms. The minimum atomic E-state index is -0.105. The summed E-state index contributed by atoms with van der Waals surface area (Å²) in [5.74, 6) is 5.64. The van der Waals surface area contributed by atoms with Crippen LogP contribution < -0.4 is 15.4 Å². The van der Waals surface area contributed by atoms with Crippen molar-refractivity contribution in [1.82, 2.24) is 15.2 Å². The van der Waals surface area contributed by atoms with Crippen molar-refractivity contribution in [3.63, 3.8) is 0 Å². The number of fused-ring (bicyclic) bond motifs is 2. The maximum atomic E-state index is 6.53. The van der Waals surface area contributed by atoms with Gasteiger partial charge in [-0.15, -0.1) is 6.42 Å². The molecule has 1 aromatic heterocycles. The van der Waals surface area contributed by atoms with Gasteiger partial charge in [-0.1, -0.05) is 5.92 Å². The Labute approximate surface area is 202 Å². The number of hydrogen-bond acceptors (Lipinski definition) is 6. The number of hydrogen-bond donors (Lipinski definition) is 2. The average Bonchev–Trinajstić information content (AvgIpc) is 2.98. The number of terminal acetylenes is 1. The van der Waals surface area contributed by atoms with E-state index in [-0.39, 0.29) is 6.10 Å². The third-order valence-electron chi connectivity index (χ3n) is 8.20. The van der Waals surface area contributed by atoms with E-state index < -0.39 is 0 Å². The first-order chi connectivity index (χ1) is 16.7. The van der Waals surface area contributed by atoms with E-state index >= 15 is 0 Å². The number of pyridine rings is 1. The highest BCUT2D eigenvalue weighted by atomic mass is 16.5. The summed E-state index contributed by atoms with van der Waals surface area (Å²) in [6.45, 7) is 8.28. The summed E-state index contributed by atoms with van der Waals surface area (Å²) in [6, 6.07) is 7.18. The third-order valence-corrected chi connectivity index (χ3v) is 8.20. The molecule has 4 aliphatic rings. The summed E-state index contributed by atoms with van der Waals surface area (Å²) in [4.78, 5) is 7.37. The number of piperidine rings is 1. The molecule has 5 heterocycles. The maximum Gasteiger partial charge on any atom is 0.144 e. The number of ether oxygens (including phenoxy) is 2. The van der Waals surface area contributed by atoms with Gasteiger partial charge in [-0.05, 0) is 86.9 Å². The molecule has 1 atom stereocenters. The first-order valence-corrected chi connectivity index (χ1v) is 12.8. The van der Waals surface area contributed by atoms with Gasteiger partial charge >= 0.3 is 0 Å². The molecule has 3 saturated heterocycles. The van der Waals surface area contributed by atoms with Crippen LogP contribution in [-0.2, 0) is 4.74 Å². The fourth-order valence-corrected chi connectivity index (χ4v) is 6.12. The number of rotatable bonds is 3. The number of nitrogens with zero attached hydrogens (tertiary/aromatic N) is 2. The molecule has 0 saturated carbocycles. The third kappa shape index (κ3) is 3.96. The number of nitrogens with one attached hydrogen (secondary N) is 2. The number of anilines is 2. The lowest BCUT2D eigenvalue weighted by atomic mass is 9.85. The van der Waals surface area contributed by atoms with E-state index in [4.69, 9.17) is 20.9 Å². The molecule has 3 fully saturated rings. The molecule has 0 aliphatic carbocycles. The monoisotopic (exact) mass is 458 g/mol. The largest absolute Gasteiger partial charge is 0.484 e. The number of aromatic nitrogens is 1. The van der Waals surface area contributed by atoms with E-state index in [1.165, 1.54) is 11.1 Å². The van der Waals surface area contributed by atoms with E-state index in [9.17, 15) is 0 Å². The fourth-order valence-electron chi connectivity index (χ4n) is 6.12. The van der Waals surface area contributed by atoms with Gasteiger partial charge < -0.3 is 20.1 Å². The summed E-state index contributed by atoms with van der Waals surface area (Å²) in [5, 5.41) is 7.03. The highest BCUT2D eigenvalue weighted by molar-refractivity contribution is 5.72. The highest BCUT2D eigenvalue weighted by Gasteiger charge is 2.32. The van der Waals surface area contributed by atoms with E-state index in [1.807, 2.05) is 6.20 Å². The summed E-state index contributed by atoms with van der Waals surface area (Å²) in [6.07, 6.45) is 12.2. The molecule has 0 amide bonds. The molecular weight excluding hydrogens is 424 g/mol.